The molecule has 0 aliphatic heterocycles. The van der Waals surface area contributed by atoms with Gasteiger partial charge in [-0.2, -0.15) is 18.3 Å². The van der Waals surface area contributed by atoms with Gasteiger partial charge in [-0.15, -0.1) is 0 Å². The highest BCUT2D eigenvalue weighted by molar-refractivity contribution is 6.09. The molecule has 10 heteroatoms. The van der Waals surface area contributed by atoms with E-state index in [-0.39, 0.29) is 22.4 Å². The third-order valence-electron chi connectivity index (χ3n) is 5.32. The summed E-state index contributed by atoms with van der Waals surface area (Å²) in [6, 6.07) is 14.4. The van der Waals surface area contributed by atoms with Crippen LogP contribution in [0.15, 0.2) is 73.1 Å². The Morgan fingerprint density at radius 3 is 2.43 bits per heavy atom. The second-order valence-corrected chi connectivity index (χ2v) is 7.53. The van der Waals surface area contributed by atoms with Crippen LogP contribution in [0.4, 0.5) is 18.9 Å². The Labute approximate surface area is 198 Å². The Bertz CT molecular complexity index is 1400. The van der Waals surface area contributed by atoms with E-state index < -0.39 is 23.6 Å². The van der Waals surface area contributed by atoms with Gasteiger partial charge >= 0.3 is 12.1 Å². The fraction of sp³-hybridized carbons (Fsp3) is 0.120. The lowest BCUT2D eigenvalue weighted by Crippen LogP contribution is -2.16. The van der Waals surface area contributed by atoms with E-state index in [1.54, 1.807) is 31.3 Å². The molecule has 0 aliphatic carbocycles. The van der Waals surface area contributed by atoms with Crippen LogP contribution in [0, 0.1) is 6.92 Å². The van der Waals surface area contributed by atoms with Gasteiger partial charge in [0.2, 0.25) is 0 Å². The number of carbonyl (C=O) groups excluding carboxylic acids is 2. The van der Waals surface area contributed by atoms with Crippen LogP contribution in [0.1, 0.15) is 32.0 Å². The number of methoxy groups -OCH3 is 1. The molecule has 0 radical (unpaired) electrons. The Balaban J connectivity index is 1.67. The summed E-state index contributed by atoms with van der Waals surface area (Å²) in [6.07, 6.45) is -1.52. The van der Waals surface area contributed by atoms with Gasteiger partial charge < -0.3 is 10.1 Å². The Hall–Kier alpha value is -4.47. The molecule has 0 fully saturated rings. The summed E-state index contributed by atoms with van der Waals surface area (Å²) >= 11 is 0. The molecule has 0 aliphatic rings. The second-order valence-electron chi connectivity index (χ2n) is 7.53. The van der Waals surface area contributed by atoms with E-state index in [2.05, 4.69) is 15.4 Å². The molecule has 2 aromatic carbocycles. The fourth-order valence-electron chi connectivity index (χ4n) is 3.52. The highest BCUT2D eigenvalue weighted by Gasteiger charge is 2.30. The Kier molecular flexibility index (Phi) is 6.37. The number of amides is 1. The number of nitrogens with one attached hydrogen (secondary N) is 1. The quantitative estimate of drug-likeness (QED) is 0.392. The van der Waals surface area contributed by atoms with Crippen molar-refractivity contribution in [2.24, 2.45) is 0 Å². The molecule has 0 atom stereocenters. The normalized spacial score (nSPS) is 11.2. The zero-order chi connectivity index (χ0) is 25.2. The SMILES string of the molecule is COC(=O)c1cc(-c2cccc(C(F)(F)F)c2)ccc1NC(=O)c1cnn(-c2ccccn2)c1C. The summed E-state index contributed by atoms with van der Waals surface area (Å²) in [5, 5.41) is 6.88. The van der Waals surface area contributed by atoms with Crippen LogP contribution in [0.3, 0.4) is 0 Å². The average Bonchev–Trinajstić information content (AvgIpc) is 3.25. The molecule has 0 unspecified atom stereocenters. The topological polar surface area (TPSA) is 86.1 Å². The van der Waals surface area contributed by atoms with Crippen molar-refractivity contribution in [3.05, 3.63) is 95.4 Å². The first-order valence-corrected chi connectivity index (χ1v) is 10.4. The van der Waals surface area contributed by atoms with Crippen molar-refractivity contribution in [3.63, 3.8) is 0 Å². The van der Waals surface area contributed by atoms with Crippen molar-refractivity contribution in [2.45, 2.75) is 13.1 Å². The van der Waals surface area contributed by atoms with E-state index >= 15 is 0 Å². The summed E-state index contributed by atoms with van der Waals surface area (Å²) in [4.78, 5) is 29.6. The predicted molar refractivity (Wildman–Crippen MR) is 122 cm³/mol. The second kappa shape index (κ2) is 9.41. The summed E-state index contributed by atoms with van der Waals surface area (Å²) in [7, 11) is 1.17. The molecule has 7 nitrogen and oxygen atoms in total. The zero-order valence-corrected chi connectivity index (χ0v) is 18.6. The van der Waals surface area contributed by atoms with Gasteiger partial charge in [0.1, 0.15) is 0 Å². The van der Waals surface area contributed by atoms with Crippen LogP contribution in [0.25, 0.3) is 16.9 Å². The molecule has 0 bridgehead atoms. The number of alkyl halides is 3. The van der Waals surface area contributed by atoms with Crippen LogP contribution in [-0.4, -0.2) is 33.8 Å². The van der Waals surface area contributed by atoms with Crippen molar-refractivity contribution >= 4 is 17.6 Å². The van der Waals surface area contributed by atoms with Crippen molar-refractivity contribution in [1.29, 1.82) is 0 Å². The molecule has 35 heavy (non-hydrogen) atoms. The highest BCUT2D eigenvalue weighted by Crippen LogP contribution is 2.33. The van der Waals surface area contributed by atoms with Crippen molar-refractivity contribution < 1.29 is 27.5 Å². The molecule has 1 amide bonds. The van der Waals surface area contributed by atoms with E-state index in [0.717, 1.165) is 12.1 Å². The number of hydrogen-bond donors (Lipinski definition) is 1. The number of carbonyl (C=O) groups is 2. The number of ether oxygens (including phenoxy) is 1. The number of hydrogen-bond acceptors (Lipinski definition) is 5. The van der Waals surface area contributed by atoms with E-state index in [4.69, 9.17) is 4.74 Å². The smallest absolute Gasteiger partial charge is 0.416 e. The lowest BCUT2D eigenvalue weighted by Gasteiger charge is -2.13. The average molecular weight is 480 g/mol. The van der Waals surface area contributed by atoms with Gasteiger partial charge in [-0.25, -0.2) is 14.5 Å². The standard InChI is InChI=1S/C25H19F3N4O3/c1-15-20(14-30-32(15)22-8-3-4-11-29-22)23(33)31-21-10-9-17(13-19(21)24(34)35-2)16-6-5-7-18(12-16)25(26,27)28/h3-14H,1-2H3,(H,31,33). The third-order valence-corrected chi connectivity index (χ3v) is 5.32. The Morgan fingerprint density at radius 2 is 1.74 bits per heavy atom. The maximum atomic E-state index is 13.1. The van der Waals surface area contributed by atoms with Crippen LogP contribution < -0.4 is 5.32 Å². The maximum absolute atomic E-state index is 13.1. The van der Waals surface area contributed by atoms with Gasteiger partial charge in [0.15, 0.2) is 5.82 Å². The molecule has 4 aromatic rings. The van der Waals surface area contributed by atoms with Gasteiger partial charge in [-0.3, -0.25) is 4.79 Å². The van der Waals surface area contributed by atoms with Crippen molar-refractivity contribution in [1.82, 2.24) is 14.8 Å². The van der Waals surface area contributed by atoms with E-state index in [9.17, 15) is 22.8 Å². The number of nitrogens with zero attached hydrogens (tertiary/aromatic N) is 3. The first-order chi connectivity index (χ1) is 16.7. The zero-order valence-electron chi connectivity index (χ0n) is 18.6. The van der Waals surface area contributed by atoms with E-state index in [0.29, 0.717) is 17.1 Å². The van der Waals surface area contributed by atoms with Crippen LogP contribution in [0.2, 0.25) is 0 Å². The lowest BCUT2D eigenvalue weighted by molar-refractivity contribution is -0.137. The van der Waals surface area contributed by atoms with Crippen LogP contribution >= 0.6 is 0 Å². The van der Waals surface area contributed by atoms with Gasteiger partial charge in [-0.1, -0.05) is 24.3 Å². The first-order valence-electron chi connectivity index (χ1n) is 10.4. The van der Waals surface area contributed by atoms with Crippen molar-refractivity contribution in [2.75, 3.05) is 12.4 Å². The molecule has 2 aromatic heterocycles. The first kappa shape index (κ1) is 23.7. The lowest BCUT2D eigenvalue weighted by atomic mass is 9.99. The minimum absolute atomic E-state index is 0.00877. The largest absolute Gasteiger partial charge is 0.465 e. The number of benzene rings is 2. The third kappa shape index (κ3) is 4.91. The molecule has 0 saturated carbocycles. The summed E-state index contributed by atoms with van der Waals surface area (Å²) in [6.45, 7) is 1.70. The number of rotatable bonds is 5. The minimum atomic E-state index is -4.51. The monoisotopic (exact) mass is 480 g/mol. The summed E-state index contributed by atoms with van der Waals surface area (Å²) in [5.41, 5.74) is 0.722. The maximum Gasteiger partial charge on any atom is 0.416 e. The van der Waals surface area contributed by atoms with Crippen molar-refractivity contribution in [3.8, 4) is 16.9 Å². The van der Waals surface area contributed by atoms with Gasteiger partial charge in [-0.05, 0) is 54.4 Å². The van der Waals surface area contributed by atoms with Crippen LogP contribution in [-0.2, 0) is 10.9 Å². The number of esters is 1. The Morgan fingerprint density at radius 1 is 0.971 bits per heavy atom. The molecule has 0 spiro atoms. The molecule has 1 N–H and O–H groups in total. The van der Waals surface area contributed by atoms with Gasteiger partial charge in [0.25, 0.3) is 5.91 Å². The number of pyridine rings is 1. The summed E-state index contributed by atoms with van der Waals surface area (Å²) < 4.78 is 45.7. The molecular weight excluding hydrogens is 461 g/mol. The fourth-order valence-corrected chi connectivity index (χ4v) is 3.52. The molecular formula is C25H19F3N4O3. The van der Waals surface area contributed by atoms with Crippen LogP contribution in [0.5, 0.6) is 0 Å². The number of aromatic nitrogens is 3. The number of halogens is 3. The number of anilines is 1. The summed E-state index contributed by atoms with van der Waals surface area (Å²) in [5.74, 6) is -0.749. The van der Waals surface area contributed by atoms with Gasteiger partial charge in [0, 0.05) is 6.20 Å². The van der Waals surface area contributed by atoms with E-state index in [1.807, 2.05) is 0 Å². The van der Waals surface area contributed by atoms with E-state index in [1.165, 1.54) is 48.3 Å². The minimum Gasteiger partial charge on any atom is -0.465 e. The molecule has 4 rings (SSSR count). The predicted octanol–water partition coefficient (Wildman–Crippen LogP) is 5.30. The van der Waals surface area contributed by atoms with Gasteiger partial charge in [0.05, 0.1) is 41.4 Å². The molecule has 2 heterocycles. The molecule has 0 saturated heterocycles. The highest BCUT2D eigenvalue weighted by atomic mass is 19.4. The molecule has 178 valence electrons.